The predicted octanol–water partition coefficient (Wildman–Crippen LogP) is 3.32. The molecule has 0 heterocycles. The number of halogens is 2. The van der Waals surface area contributed by atoms with Crippen molar-refractivity contribution in [3.8, 4) is 0 Å². The molecule has 0 aliphatic carbocycles. The monoisotopic (exact) mass is 220 g/mol. The van der Waals surface area contributed by atoms with Gasteiger partial charge in [-0.25, -0.2) is 0 Å². The van der Waals surface area contributed by atoms with Gasteiger partial charge in [0.2, 0.25) is 0 Å². The van der Waals surface area contributed by atoms with Gasteiger partial charge in [-0.3, -0.25) is 0 Å². The van der Waals surface area contributed by atoms with Crippen LogP contribution in [0.25, 0.3) is 0 Å². The minimum atomic E-state index is 0.350. The van der Waals surface area contributed by atoms with Crippen LogP contribution in [0.2, 0.25) is 10.0 Å². The van der Waals surface area contributed by atoms with Gasteiger partial charge in [0.05, 0.1) is 17.2 Å². The van der Waals surface area contributed by atoms with Crippen molar-refractivity contribution in [1.29, 1.82) is 0 Å². The normalized spacial score (nSPS) is 9.58. The van der Waals surface area contributed by atoms with Gasteiger partial charge >= 0.3 is 0 Å². The Labute approximate surface area is 86.2 Å². The zero-order valence-corrected chi connectivity index (χ0v) is 8.63. The number of hydrogen-bond acceptors (Lipinski definition) is 2. The fourth-order valence-corrected chi connectivity index (χ4v) is 1.38. The van der Waals surface area contributed by atoms with Crippen molar-refractivity contribution in [2.75, 3.05) is 7.11 Å². The van der Waals surface area contributed by atoms with Gasteiger partial charge in [0.15, 0.2) is 5.05 Å². The zero-order chi connectivity index (χ0) is 9.14. The van der Waals surface area contributed by atoms with Crippen LogP contribution in [0.15, 0.2) is 18.2 Å². The molecule has 0 atom stereocenters. The largest absolute Gasteiger partial charge is 0.486 e. The van der Waals surface area contributed by atoms with Crippen molar-refractivity contribution in [3.63, 3.8) is 0 Å². The average molecular weight is 221 g/mol. The van der Waals surface area contributed by atoms with Gasteiger partial charge in [-0.1, -0.05) is 29.3 Å². The molecular weight excluding hydrogens is 215 g/mol. The van der Waals surface area contributed by atoms with Crippen molar-refractivity contribution >= 4 is 40.5 Å². The summed E-state index contributed by atoms with van der Waals surface area (Å²) in [4.78, 5) is 0. The number of benzene rings is 1. The minimum absolute atomic E-state index is 0.350. The van der Waals surface area contributed by atoms with Crippen LogP contribution in [0, 0.1) is 0 Å². The molecule has 0 aliphatic rings. The average Bonchev–Trinajstić information content (AvgIpc) is 2.08. The first-order valence-electron chi connectivity index (χ1n) is 3.19. The molecule has 1 nitrogen and oxygen atoms in total. The molecule has 64 valence electrons. The summed E-state index contributed by atoms with van der Waals surface area (Å²) in [6.07, 6.45) is 0. The Bertz CT molecular complexity index is 312. The smallest absolute Gasteiger partial charge is 0.192 e. The molecule has 0 saturated carbocycles. The molecular formula is C8H6Cl2OS. The number of rotatable bonds is 1. The van der Waals surface area contributed by atoms with E-state index in [0.29, 0.717) is 20.7 Å². The number of methoxy groups -OCH3 is 1. The van der Waals surface area contributed by atoms with E-state index in [-0.39, 0.29) is 0 Å². The van der Waals surface area contributed by atoms with Crippen molar-refractivity contribution < 1.29 is 4.74 Å². The van der Waals surface area contributed by atoms with Gasteiger partial charge < -0.3 is 4.74 Å². The van der Waals surface area contributed by atoms with Crippen molar-refractivity contribution in [2.45, 2.75) is 0 Å². The van der Waals surface area contributed by atoms with E-state index in [2.05, 4.69) is 0 Å². The van der Waals surface area contributed by atoms with Crippen LogP contribution >= 0.6 is 35.4 Å². The molecule has 0 N–H and O–H groups in total. The minimum Gasteiger partial charge on any atom is -0.486 e. The Kier molecular flexibility index (Phi) is 3.32. The second-order valence-corrected chi connectivity index (χ2v) is 3.25. The third-order valence-corrected chi connectivity index (χ3v) is 2.56. The topological polar surface area (TPSA) is 9.23 Å². The maximum atomic E-state index is 5.87. The molecule has 0 unspecified atom stereocenters. The Hall–Kier alpha value is -0.310. The summed E-state index contributed by atoms with van der Waals surface area (Å²) >= 11 is 16.5. The lowest BCUT2D eigenvalue weighted by Gasteiger charge is -2.04. The molecule has 1 aromatic carbocycles. The summed E-state index contributed by atoms with van der Waals surface area (Å²) in [5.41, 5.74) is 0.654. The highest BCUT2D eigenvalue weighted by molar-refractivity contribution is 7.80. The standard InChI is InChI=1S/C8H6Cl2OS/c1-11-8(12)5-3-2-4-6(9)7(5)10/h2-4H,1H3. The fraction of sp³-hybridized carbons (Fsp3) is 0.125. The first-order valence-corrected chi connectivity index (χ1v) is 4.35. The summed E-state index contributed by atoms with van der Waals surface area (Å²) in [5.74, 6) is 0. The summed E-state index contributed by atoms with van der Waals surface area (Å²) in [5, 5.41) is 1.27. The van der Waals surface area contributed by atoms with Gasteiger partial charge in [-0.15, -0.1) is 0 Å². The Morgan fingerprint density at radius 2 is 2.08 bits per heavy atom. The lowest BCUT2D eigenvalue weighted by atomic mass is 10.2. The number of hydrogen-bond donors (Lipinski definition) is 0. The molecule has 0 bridgehead atoms. The highest BCUT2D eigenvalue weighted by atomic mass is 35.5. The van der Waals surface area contributed by atoms with Crippen molar-refractivity contribution in [3.05, 3.63) is 33.8 Å². The van der Waals surface area contributed by atoms with E-state index < -0.39 is 0 Å². The van der Waals surface area contributed by atoms with Crippen LogP contribution in [0.3, 0.4) is 0 Å². The van der Waals surface area contributed by atoms with Gasteiger partial charge in [-0.05, 0) is 24.4 Å². The number of ether oxygens (including phenoxy) is 1. The van der Waals surface area contributed by atoms with Crippen LogP contribution in [0.4, 0.5) is 0 Å². The predicted molar refractivity (Wildman–Crippen MR) is 55.2 cm³/mol. The summed E-state index contributed by atoms with van der Waals surface area (Å²) in [6, 6.07) is 5.24. The molecule has 1 rings (SSSR count). The Morgan fingerprint density at radius 3 is 2.67 bits per heavy atom. The van der Waals surface area contributed by atoms with Crippen molar-refractivity contribution in [2.24, 2.45) is 0 Å². The Morgan fingerprint density at radius 1 is 1.42 bits per heavy atom. The Balaban J connectivity index is 3.16. The fourth-order valence-electron chi connectivity index (χ4n) is 0.771. The molecule has 0 radical (unpaired) electrons. The third-order valence-electron chi connectivity index (χ3n) is 1.36. The second kappa shape index (κ2) is 4.08. The van der Waals surface area contributed by atoms with Crippen LogP contribution in [0.1, 0.15) is 5.56 Å². The van der Waals surface area contributed by atoms with Crippen molar-refractivity contribution in [1.82, 2.24) is 0 Å². The van der Waals surface area contributed by atoms with Gasteiger partial charge in [0, 0.05) is 5.56 Å². The molecule has 0 amide bonds. The van der Waals surface area contributed by atoms with Gasteiger partial charge in [-0.2, -0.15) is 0 Å². The molecule has 1 aromatic rings. The maximum Gasteiger partial charge on any atom is 0.192 e. The first-order chi connectivity index (χ1) is 5.66. The molecule has 0 spiro atoms. The molecule has 12 heavy (non-hydrogen) atoms. The van der Waals surface area contributed by atoms with E-state index in [1.54, 1.807) is 18.2 Å². The highest BCUT2D eigenvalue weighted by Crippen LogP contribution is 2.26. The van der Waals surface area contributed by atoms with Crippen LogP contribution in [-0.2, 0) is 4.74 Å². The van der Waals surface area contributed by atoms with E-state index in [0.717, 1.165) is 0 Å². The van der Waals surface area contributed by atoms with E-state index >= 15 is 0 Å². The van der Waals surface area contributed by atoms with Crippen LogP contribution in [-0.4, -0.2) is 12.2 Å². The SMILES string of the molecule is COC(=S)c1cccc(Cl)c1Cl. The van der Waals surface area contributed by atoms with E-state index in [9.17, 15) is 0 Å². The summed E-state index contributed by atoms with van der Waals surface area (Å²) in [7, 11) is 1.50. The quantitative estimate of drug-likeness (QED) is 0.672. The second-order valence-electron chi connectivity index (χ2n) is 2.09. The van der Waals surface area contributed by atoms with E-state index in [4.69, 9.17) is 40.2 Å². The first kappa shape index (κ1) is 9.78. The highest BCUT2D eigenvalue weighted by Gasteiger charge is 2.08. The molecule has 0 aromatic heterocycles. The van der Waals surface area contributed by atoms with Gasteiger partial charge in [0.1, 0.15) is 0 Å². The lowest BCUT2D eigenvalue weighted by molar-refractivity contribution is 0.416. The number of thiocarbonyl (C=S) groups is 1. The zero-order valence-electron chi connectivity index (χ0n) is 6.30. The summed E-state index contributed by atoms with van der Waals surface area (Å²) in [6.45, 7) is 0. The van der Waals surface area contributed by atoms with E-state index in [1.165, 1.54) is 7.11 Å². The molecule has 0 aliphatic heterocycles. The molecule has 0 fully saturated rings. The van der Waals surface area contributed by atoms with Crippen LogP contribution < -0.4 is 0 Å². The third kappa shape index (κ3) is 1.89. The lowest BCUT2D eigenvalue weighted by Crippen LogP contribution is -2.00. The maximum absolute atomic E-state index is 5.87. The summed E-state index contributed by atoms with van der Waals surface area (Å²) < 4.78 is 4.86. The van der Waals surface area contributed by atoms with E-state index in [1.807, 2.05) is 0 Å². The molecule has 4 heteroatoms. The molecule has 0 saturated heterocycles. The van der Waals surface area contributed by atoms with Crippen LogP contribution in [0.5, 0.6) is 0 Å². The van der Waals surface area contributed by atoms with Gasteiger partial charge in [0.25, 0.3) is 0 Å².